The first-order chi connectivity index (χ1) is 11.5. The SMILES string of the molecule is CC1=NC=C(CN)C1c1ccc(Cl)cc1C(=O)c1ccccc1F. The third kappa shape index (κ3) is 2.90. The van der Waals surface area contributed by atoms with Crippen LogP contribution in [0.4, 0.5) is 4.39 Å². The molecule has 0 amide bonds. The molecule has 1 atom stereocenters. The van der Waals surface area contributed by atoms with E-state index >= 15 is 0 Å². The number of nitrogens with zero attached hydrogens (tertiary/aromatic N) is 1. The number of hydrogen-bond acceptors (Lipinski definition) is 3. The van der Waals surface area contributed by atoms with Gasteiger partial charge in [-0.05, 0) is 42.3 Å². The lowest BCUT2D eigenvalue weighted by Crippen LogP contribution is -2.18. The zero-order chi connectivity index (χ0) is 17.3. The maximum atomic E-state index is 14.0. The highest BCUT2D eigenvalue weighted by atomic mass is 35.5. The highest BCUT2D eigenvalue weighted by molar-refractivity contribution is 6.31. The molecule has 3 nitrogen and oxygen atoms in total. The van der Waals surface area contributed by atoms with Crippen LogP contribution in [-0.4, -0.2) is 18.0 Å². The van der Waals surface area contributed by atoms with Crippen LogP contribution in [0.2, 0.25) is 5.02 Å². The largest absolute Gasteiger partial charge is 0.327 e. The zero-order valence-electron chi connectivity index (χ0n) is 13.1. The van der Waals surface area contributed by atoms with Gasteiger partial charge in [-0.2, -0.15) is 0 Å². The monoisotopic (exact) mass is 342 g/mol. The first kappa shape index (κ1) is 16.6. The molecule has 0 saturated heterocycles. The van der Waals surface area contributed by atoms with Crippen LogP contribution in [0.1, 0.15) is 34.3 Å². The number of benzene rings is 2. The minimum atomic E-state index is -0.556. The molecule has 0 fully saturated rings. The molecule has 0 spiro atoms. The summed E-state index contributed by atoms with van der Waals surface area (Å²) >= 11 is 6.09. The Kier molecular flexibility index (Phi) is 4.60. The molecule has 24 heavy (non-hydrogen) atoms. The Labute approximate surface area is 144 Å². The highest BCUT2D eigenvalue weighted by Gasteiger charge is 2.28. The second kappa shape index (κ2) is 6.67. The summed E-state index contributed by atoms with van der Waals surface area (Å²) < 4.78 is 14.0. The summed E-state index contributed by atoms with van der Waals surface area (Å²) in [5.74, 6) is -1.14. The van der Waals surface area contributed by atoms with Gasteiger partial charge >= 0.3 is 0 Å². The van der Waals surface area contributed by atoms with E-state index in [1.165, 1.54) is 12.1 Å². The molecule has 1 aliphatic rings. The summed E-state index contributed by atoms with van der Waals surface area (Å²) in [5, 5.41) is 0.421. The molecule has 122 valence electrons. The molecule has 1 aliphatic heterocycles. The fraction of sp³-hybridized carbons (Fsp3) is 0.158. The summed E-state index contributed by atoms with van der Waals surface area (Å²) in [5.41, 5.74) is 8.69. The number of hydrogen-bond donors (Lipinski definition) is 1. The standard InChI is InChI=1S/C19H16ClFN2O/c1-11-18(12(9-22)10-23-11)14-7-6-13(20)8-16(14)19(24)15-4-2-3-5-17(15)21/h2-8,10,18H,9,22H2,1H3. The van der Waals surface area contributed by atoms with Crippen molar-refractivity contribution in [1.29, 1.82) is 0 Å². The summed E-state index contributed by atoms with van der Waals surface area (Å²) in [7, 11) is 0. The third-order valence-corrected chi connectivity index (χ3v) is 4.38. The highest BCUT2D eigenvalue weighted by Crippen LogP contribution is 2.34. The molecule has 1 heterocycles. The fourth-order valence-corrected chi connectivity index (χ4v) is 3.14. The minimum absolute atomic E-state index is 0.0203. The van der Waals surface area contributed by atoms with Crippen molar-refractivity contribution in [3.05, 3.63) is 81.8 Å². The number of halogens is 2. The van der Waals surface area contributed by atoms with E-state index in [-0.39, 0.29) is 11.5 Å². The van der Waals surface area contributed by atoms with E-state index in [4.69, 9.17) is 17.3 Å². The third-order valence-electron chi connectivity index (χ3n) is 4.15. The van der Waals surface area contributed by atoms with Crippen molar-refractivity contribution in [2.45, 2.75) is 12.8 Å². The van der Waals surface area contributed by atoms with Crippen molar-refractivity contribution in [2.75, 3.05) is 6.54 Å². The Hall–Kier alpha value is -2.30. The smallest absolute Gasteiger partial charge is 0.196 e. The molecule has 0 saturated carbocycles. The normalized spacial score (nSPS) is 16.8. The van der Waals surface area contributed by atoms with Crippen molar-refractivity contribution < 1.29 is 9.18 Å². The summed E-state index contributed by atoms with van der Waals surface area (Å²) in [6.07, 6.45) is 1.73. The molecule has 0 aromatic heterocycles. The zero-order valence-corrected chi connectivity index (χ0v) is 13.8. The van der Waals surface area contributed by atoms with Crippen molar-refractivity contribution in [3.63, 3.8) is 0 Å². The van der Waals surface area contributed by atoms with Crippen molar-refractivity contribution in [2.24, 2.45) is 10.7 Å². The average molecular weight is 343 g/mol. The Balaban J connectivity index is 2.14. The summed E-state index contributed by atoms with van der Waals surface area (Å²) in [4.78, 5) is 17.2. The van der Waals surface area contributed by atoms with Crippen LogP contribution in [0.15, 0.2) is 59.2 Å². The van der Waals surface area contributed by atoms with Crippen LogP contribution in [0, 0.1) is 5.82 Å². The molecule has 3 rings (SSSR count). The van der Waals surface area contributed by atoms with E-state index < -0.39 is 11.6 Å². The average Bonchev–Trinajstić information content (AvgIpc) is 2.95. The van der Waals surface area contributed by atoms with E-state index in [9.17, 15) is 9.18 Å². The lowest BCUT2D eigenvalue weighted by molar-refractivity contribution is 0.103. The maximum Gasteiger partial charge on any atom is 0.196 e. The lowest BCUT2D eigenvalue weighted by atomic mass is 9.84. The van der Waals surface area contributed by atoms with Crippen LogP contribution < -0.4 is 5.73 Å². The Morgan fingerprint density at radius 2 is 2.00 bits per heavy atom. The predicted molar refractivity (Wildman–Crippen MR) is 94.3 cm³/mol. The van der Waals surface area contributed by atoms with Crippen molar-refractivity contribution in [3.8, 4) is 0 Å². The number of rotatable bonds is 4. The second-order valence-corrected chi connectivity index (χ2v) is 6.09. The number of nitrogens with two attached hydrogens (primary N) is 1. The van der Waals surface area contributed by atoms with Crippen LogP contribution in [0.25, 0.3) is 0 Å². The van der Waals surface area contributed by atoms with Gasteiger partial charge in [0.05, 0.1) is 5.56 Å². The molecular weight excluding hydrogens is 327 g/mol. The van der Waals surface area contributed by atoms with Crippen LogP contribution >= 0.6 is 11.6 Å². The van der Waals surface area contributed by atoms with Gasteiger partial charge in [-0.25, -0.2) is 4.39 Å². The van der Waals surface area contributed by atoms with Crippen molar-refractivity contribution in [1.82, 2.24) is 0 Å². The molecule has 2 aromatic carbocycles. The predicted octanol–water partition coefficient (Wildman–Crippen LogP) is 4.11. The van der Waals surface area contributed by atoms with Gasteiger partial charge in [-0.15, -0.1) is 0 Å². The van der Waals surface area contributed by atoms with E-state index in [1.807, 2.05) is 6.92 Å². The summed E-state index contributed by atoms with van der Waals surface area (Å²) in [6, 6.07) is 11.0. The van der Waals surface area contributed by atoms with Crippen molar-refractivity contribution >= 4 is 23.1 Å². The van der Waals surface area contributed by atoms with Gasteiger partial charge in [-0.3, -0.25) is 9.79 Å². The van der Waals surface area contributed by atoms with Gasteiger partial charge in [0.1, 0.15) is 5.82 Å². The van der Waals surface area contributed by atoms with Crippen LogP contribution in [-0.2, 0) is 0 Å². The fourth-order valence-electron chi connectivity index (χ4n) is 2.96. The van der Waals surface area contributed by atoms with Gasteiger partial charge in [0.25, 0.3) is 0 Å². The number of ketones is 1. The van der Waals surface area contributed by atoms with Gasteiger partial charge in [0.15, 0.2) is 5.78 Å². The number of carbonyl (C=O) groups excluding carboxylic acids is 1. The first-order valence-corrected chi connectivity index (χ1v) is 7.92. The van der Waals surface area contributed by atoms with Crippen LogP contribution in [0.5, 0.6) is 0 Å². The molecule has 2 N–H and O–H groups in total. The van der Waals surface area contributed by atoms with Gasteiger partial charge in [0, 0.05) is 35.0 Å². The Morgan fingerprint density at radius 1 is 1.25 bits per heavy atom. The first-order valence-electron chi connectivity index (χ1n) is 7.55. The van der Waals surface area contributed by atoms with E-state index in [0.29, 0.717) is 17.1 Å². The molecule has 0 radical (unpaired) electrons. The van der Waals surface area contributed by atoms with Gasteiger partial charge < -0.3 is 5.73 Å². The summed E-state index contributed by atoms with van der Waals surface area (Å²) in [6.45, 7) is 2.22. The second-order valence-electron chi connectivity index (χ2n) is 5.65. The molecule has 1 unspecified atom stereocenters. The van der Waals surface area contributed by atoms with E-state index in [1.54, 1.807) is 36.5 Å². The number of aliphatic imine (C=N–C) groups is 1. The molecular formula is C19H16ClFN2O. The Morgan fingerprint density at radius 3 is 2.71 bits per heavy atom. The van der Waals surface area contributed by atoms with E-state index in [0.717, 1.165) is 16.8 Å². The Bertz CT molecular complexity index is 873. The molecule has 0 bridgehead atoms. The maximum absolute atomic E-state index is 14.0. The van der Waals surface area contributed by atoms with Gasteiger partial charge in [-0.1, -0.05) is 29.8 Å². The molecule has 2 aromatic rings. The molecule has 5 heteroatoms. The quantitative estimate of drug-likeness (QED) is 0.850. The van der Waals surface area contributed by atoms with E-state index in [2.05, 4.69) is 4.99 Å². The lowest BCUT2D eigenvalue weighted by Gasteiger charge is -2.19. The topological polar surface area (TPSA) is 55.4 Å². The van der Waals surface area contributed by atoms with Gasteiger partial charge in [0.2, 0.25) is 0 Å². The van der Waals surface area contributed by atoms with Crippen LogP contribution in [0.3, 0.4) is 0 Å². The molecule has 0 aliphatic carbocycles. The number of carbonyl (C=O) groups is 1. The minimum Gasteiger partial charge on any atom is -0.327 e.